The van der Waals surface area contributed by atoms with Crippen LogP contribution in [0.25, 0.3) is 0 Å². The van der Waals surface area contributed by atoms with E-state index in [1.54, 1.807) is 7.11 Å². The maximum absolute atomic E-state index is 6.10. The minimum Gasteiger partial charge on any atom is -0.495 e. The standard InChI is InChI=1S/C16H24ClNO/c1-11(2)18-10-13-5-4-6-14(13)12-7-8-15(17)16(9-12)19-3/h7-9,11,13-14,18H,4-6,10H2,1-3H3. The first kappa shape index (κ1) is 14.7. The van der Waals surface area contributed by atoms with Gasteiger partial charge in [0, 0.05) is 6.04 Å². The van der Waals surface area contributed by atoms with E-state index in [4.69, 9.17) is 16.3 Å². The van der Waals surface area contributed by atoms with Crippen LogP contribution in [0.1, 0.15) is 44.6 Å². The van der Waals surface area contributed by atoms with Gasteiger partial charge in [0.25, 0.3) is 0 Å². The number of methoxy groups -OCH3 is 1. The Morgan fingerprint density at radius 3 is 2.84 bits per heavy atom. The van der Waals surface area contributed by atoms with Gasteiger partial charge in [-0.25, -0.2) is 0 Å². The van der Waals surface area contributed by atoms with Crippen molar-refractivity contribution in [2.45, 2.75) is 45.1 Å². The van der Waals surface area contributed by atoms with E-state index in [1.165, 1.54) is 24.8 Å². The smallest absolute Gasteiger partial charge is 0.137 e. The molecule has 0 aromatic heterocycles. The fraction of sp³-hybridized carbons (Fsp3) is 0.625. The molecule has 2 rings (SSSR count). The van der Waals surface area contributed by atoms with Crippen LogP contribution in [0.3, 0.4) is 0 Å². The van der Waals surface area contributed by atoms with E-state index in [9.17, 15) is 0 Å². The van der Waals surface area contributed by atoms with Gasteiger partial charge >= 0.3 is 0 Å². The van der Waals surface area contributed by atoms with Crippen LogP contribution in [0.4, 0.5) is 0 Å². The Labute approximate surface area is 121 Å². The number of benzene rings is 1. The van der Waals surface area contributed by atoms with E-state index >= 15 is 0 Å². The molecule has 3 heteroatoms. The number of ether oxygens (including phenoxy) is 1. The van der Waals surface area contributed by atoms with Gasteiger partial charge in [-0.05, 0) is 48.9 Å². The van der Waals surface area contributed by atoms with Gasteiger partial charge in [-0.15, -0.1) is 0 Å². The molecule has 0 heterocycles. The summed E-state index contributed by atoms with van der Waals surface area (Å²) >= 11 is 6.10. The Morgan fingerprint density at radius 1 is 1.37 bits per heavy atom. The van der Waals surface area contributed by atoms with Crippen molar-refractivity contribution in [2.75, 3.05) is 13.7 Å². The first-order valence-corrected chi connectivity index (χ1v) is 7.56. The van der Waals surface area contributed by atoms with E-state index < -0.39 is 0 Å². The lowest BCUT2D eigenvalue weighted by Crippen LogP contribution is -2.30. The van der Waals surface area contributed by atoms with Gasteiger partial charge in [0.2, 0.25) is 0 Å². The van der Waals surface area contributed by atoms with Crippen LogP contribution in [0.2, 0.25) is 5.02 Å². The number of halogens is 1. The molecule has 0 aliphatic heterocycles. The molecule has 1 aliphatic rings. The molecule has 0 saturated heterocycles. The van der Waals surface area contributed by atoms with Gasteiger partial charge in [-0.1, -0.05) is 37.9 Å². The molecule has 19 heavy (non-hydrogen) atoms. The Morgan fingerprint density at radius 2 is 2.16 bits per heavy atom. The molecule has 1 aromatic rings. The Balaban J connectivity index is 2.11. The lowest BCUT2D eigenvalue weighted by Gasteiger charge is -2.22. The molecule has 1 fully saturated rings. The van der Waals surface area contributed by atoms with Crippen molar-refractivity contribution in [3.8, 4) is 5.75 Å². The molecule has 2 nitrogen and oxygen atoms in total. The zero-order chi connectivity index (χ0) is 13.8. The molecular weight excluding hydrogens is 258 g/mol. The molecular formula is C16H24ClNO. The van der Waals surface area contributed by atoms with Gasteiger partial charge in [-0.2, -0.15) is 0 Å². The van der Waals surface area contributed by atoms with E-state index in [0.29, 0.717) is 17.0 Å². The van der Waals surface area contributed by atoms with Crippen molar-refractivity contribution in [3.05, 3.63) is 28.8 Å². The molecule has 2 unspecified atom stereocenters. The summed E-state index contributed by atoms with van der Waals surface area (Å²) in [4.78, 5) is 0. The van der Waals surface area contributed by atoms with E-state index in [2.05, 4.69) is 31.3 Å². The third-order valence-electron chi connectivity index (χ3n) is 4.05. The summed E-state index contributed by atoms with van der Waals surface area (Å²) in [6.07, 6.45) is 3.91. The van der Waals surface area contributed by atoms with Crippen LogP contribution >= 0.6 is 11.6 Å². The predicted molar refractivity (Wildman–Crippen MR) is 81.2 cm³/mol. The lowest BCUT2D eigenvalue weighted by atomic mass is 9.88. The first-order valence-electron chi connectivity index (χ1n) is 7.18. The number of hydrogen-bond donors (Lipinski definition) is 1. The highest BCUT2D eigenvalue weighted by Crippen LogP contribution is 2.41. The lowest BCUT2D eigenvalue weighted by molar-refractivity contribution is 0.407. The van der Waals surface area contributed by atoms with Crippen molar-refractivity contribution in [1.82, 2.24) is 5.32 Å². The largest absolute Gasteiger partial charge is 0.495 e. The van der Waals surface area contributed by atoms with E-state index in [1.807, 2.05) is 6.07 Å². The Bertz CT molecular complexity index is 419. The molecule has 0 amide bonds. The van der Waals surface area contributed by atoms with Crippen molar-refractivity contribution in [1.29, 1.82) is 0 Å². The summed E-state index contributed by atoms with van der Waals surface area (Å²) in [5, 5.41) is 4.27. The van der Waals surface area contributed by atoms with Crippen molar-refractivity contribution in [3.63, 3.8) is 0 Å². The maximum Gasteiger partial charge on any atom is 0.137 e. The zero-order valence-electron chi connectivity index (χ0n) is 12.1. The van der Waals surface area contributed by atoms with Crippen molar-refractivity contribution >= 4 is 11.6 Å². The average molecular weight is 282 g/mol. The van der Waals surface area contributed by atoms with E-state index in [0.717, 1.165) is 18.2 Å². The fourth-order valence-corrected chi connectivity index (χ4v) is 3.21. The van der Waals surface area contributed by atoms with Gasteiger partial charge in [0.15, 0.2) is 0 Å². The molecule has 0 spiro atoms. The SMILES string of the molecule is COc1cc(C2CCCC2CNC(C)C)ccc1Cl. The van der Waals surface area contributed by atoms with Crippen LogP contribution in [-0.2, 0) is 0 Å². The monoisotopic (exact) mass is 281 g/mol. The van der Waals surface area contributed by atoms with Crippen LogP contribution < -0.4 is 10.1 Å². The van der Waals surface area contributed by atoms with Gasteiger partial charge < -0.3 is 10.1 Å². The highest BCUT2D eigenvalue weighted by atomic mass is 35.5. The summed E-state index contributed by atoms with van der Waals surface area (Å²) in [6.45, 7) is 5.51. The third kappa shape index (κ3) is 3.64. The number of rotatable bonds is 5. The van der Waals surface area contributed by atoms with Crippen molar-refractivity contribution < 1.29 is 4.74 Å². The predicted octanol–water partition coefficient (Wildman–Crippen LogP) is 4.23. The second-order valence-electron chi connectivity index (χ2n) is 5.75. The number of hydrogen-bond acceptors (Lipinski definition) is 2. The summed E-state index contributed by atoms with van der Waals surface area (Å²) in [7, 11) is 1.68. The minimum atomic E-state index is 0.556. The van der Waals surface area contributed by atoms with Crippen LogP contribution in [0.5, 0.6) is 5.75 Å². The molecule has 1 aromatic carbocycles. The van der Waals surface area contributed by atoms with Gasteiger partial charge in [0.1, 0.15) is 5.75 Å². The first-order chi connectivity index (χ1) is 9.11. The summed E-state index contributed by atoms with van der Waals surface area (Å²) in [5.74, 6) is 2.16. The Kier molecular flexibility index (Phi) is 5.12. The van der Waals surface area contributed by atoms with Crippen LogP contribution in [-0.4, -0.2) is 19.7 Å². The fourth-order valence-electron chi connectivity index (χ4n) is 3.01. The second kappa shape index (κ2) is 6.62. The normalized spacial score (nSPS) is 23.0. The minimum absolute atomic E-state index is 0.556. The second-order valence-corrected chi connectivity index (χ2v) is 6.16. The quantitative estimate of drug-likeness (QED) is 0.872. The molecule has 0 bridgehead atoms. The molecule has 1 aliphatic carbocycles. The van der Waals surface area contributed by atoms with Crippen LogP contribution in [0, 0.1) is 5.92 Å². The van der Waals surface area contributed by atoms with Crippen molar-refractivity contribution in [2.24, 2.45) is 5.92 Å². The van der Waals surface area contributed by atoms with E-state index in [-0.39, 0.29) is 0 Å². The molecule has 1 N–H and O–H groups in total. The maximum atomic E-state index is 6.10. The van der Waals surface area contributed by atoms with Gasteiger partial charge in [0.05, 0.1) is 12.1 Å². The topological polar surface area (TPSA) is 21.3 Å². The molecule has 2 atom stereocenters. The molecule has 106 valence electrons. The average Bonchev–Trinajstić information content (AvgIpc) is 2.85. The molecule has 0 radical (unpaired) electrons. The summed E-state index contributed by atoms with van der Waals surface area (Å²) < 4.78 is 5.33. The van der Waals surface area contributed by atoms with Crippen LogP contribution in [0.15, 0.2) is 18.2 Å². The summed E-state index contributed by atoms with van der Waals surface area (Å²) in [6, 6.07) is 6.78. The highest BCUT2D eigenvalue weighted by Gasteiger charge is 2.28. The summed E-state index contributed by atoms with van der Waals surface area (Å²) in [5.41, 5.74) is 1.37. The Hall–Kier alpha value is -0.730. The third-order valence-corrected chi connectivity index (χ3v) is 4.36. The number of nitrogens with one attached hydrogen (secondary N) is 1. The zero-order valence-corrected chi connectivity index (χ0v) is 12.8. The molecule has 1 saturated carbocycles. The highest BCUT2D eigenvalue weighted by molar-refractivity contribution is 6.32. The van der Waals surface area contributed by atoms with Gasteiger partial charge in [-0.3, -0.25) is 0 Å².